The number of primary amides is 1. The molecular weight excluding hydrogens is 176 g/mol. The van der Waals surface area contributed by atoms with Crippen molar-refractivity contribution in [2.75, 3.05) is 19.6 Å². The van der Waals surface area contributed by atoms with Crippen LogP contribution in [0, 0.1) is 11.8 Å². The molecule has 0 aliphatic carbocycles. The number of piperidine rings is 1. The van der Waals surface area contributed by atoms with Crippen molar-refractivity contribution in [3.63, 3.8) is 0 Å². The Kier molecular flexibility index (Phi) is 4.39. The van der Waals surface area contributed by atoms with Gasteiger partial charge in [-0.2, -0.15) is 0 Å². The summed E-state index contributed by atoms with van der Waals surface area (Å²) in [5.74, 6) is 0.608. The molecule has 0 aromatic heterocycles. The molecule has 0 saturated carbocycles. The van der Waals surface area contributed by atoms with Gasteiger partial charge < -0.3 is 10.6 Å². The molecule has 3 heteroatoms. The maximum Gasteiger partial charge on any atom is 0.220 e. The first kappa shape index (κ1) is 11.5. The lowest BCUT2D eigenvalue weighted by Crippen LogP contribution is -2.35. The molecule has 0 spiro atoms. The molecule has 1 heterocycles. The van der Waals surface area contributed by atoms with Gasteiger partial charge in [0.05, 0.1) is 0 Å². The van der Waals surface area contributed by atoms with Crippen LogP contribution in [-0.2, 0) is 4.79 Å². The molecule has 0 aromatic rings. The highest BCUT2D eigenvalue weighted by atomic mass is 16.1. The van der Waals surface area contributed by atoms with E-state index in [1.165, 1.54) is 25.9 Å². The monoisotopic (exact) mass is 198 g/mol. The van der Waals surface area contributed by atoms with Crippen LogP contribution in [0.3, 0.4) is 0 Å². The Morgan fingerprint density at radius 3 is 2.50 bits per heavy atom. The van der Waals surface area contributed by atoms with Crippen LogP contribution in [0.2, 0.25) is 0 Å². The normalized spacial score (nSPS) is 22.1. The molecule has 3 nitrogen and oxygen atoms in total. The summed E-state index contributed by atoms with van der Waals surface area (Å²) in [6.45, 7) is 7.66. The van der Waals surface area contributed by atoms with E-state index in [2.05, 4.69) is 11.8 Å². The second-order valence-corrected chi connectivity index (χ2v) is 4.42. The van der Waals surface area contributed by atoms with Gasteiger partial charge in [0, 0.05) is 5.92 Å². The van der Waals surface area contributed by atoms with Crippen LogP contribution < -0.4 is 5.73 Å². The molecule has 14 heavy (non-hydrogen) atoms. The fourth-order valence-electron chi connectivity index (χ4n) is 2.15. The smallest absolute Gasteiger partial charge is 0.220 e. The second-order valence-electron chi connectivity index (χ2n) is 4.42. The summed E-state index contributed by atoms with van der Waals surface area (Å²) in [5, 5.41) is 0. The third-order valence-corrected chi connectivity index (χ3v) is 3.33. The number of nitrogens with zero attached hydrogens (tertiary/aromatic N) is 1. The molecule has 1 aliphatic heterocycles. The highest BCUT2D eigenvalue weighted by Crippen LogP contribution is 2.23. The van der Waals surface area contributed by atoms with Gasteiger partial charge in [0.25, 0.3) is 0 Å². The topological polar surface area (TPSA) is 46.3 Å². The highest BCUT2D eigenvalue weighted by Gasteiger charge is 2.21. The number of hydrogen-bond acceptors (Lipinski definition) is 2. The molecular formula is C11H22N2O. The summed E-state index contributed by atoms with van der Waals surface area (Å²) in [4.78, 5) is 13.4. The Morgan fingerprint density at radius 1 is 1.50 bits per heavy atom. The van der Waals surface area contributed by atoms with Gasteiger partial charge in [0.15, 0.2) is 0 Å². The van der Waals surface area contributed by atoms with E-state index < -0.39 is 0 Å². The lowest BCUT2D eigenvalue weighted by Gasteiger charge is -2.31. The van der Waals surface area contributed by atoms with Crippen LogP contribution in [0.15, 0.2) is 0 Å². The van der Waals surface area contributed by atoms with Crippen molar-refractivity contribution in [3.8, 4) is 0 Å². The zero-order chi connectivity index (χ0) is 10.6. The molecule has 1 unspecified atom stereocenters. The van der Waals surface area contributed by atoms with Crippen molar-refractivity contribution in [2.24, 2.45) is 17.6 Å². The number of carbonyl (C=O) groups excluding carboxylic acids is 1. The van der Waals surface area contributed by atoms with Crippen LogP contribution >= 0.6 is 0 Å². The van der Waals surface area contributed by atoms with Crippen LogP contribution in [0.4, 0.5) is 0 Å². The Morgan fingerprint density at radius 2 is 2.07 bits per heavy atom. The Balaban J connectivity index is 2.25. The summed E-state index contributed by atoms with van der Waals surface area (Å²) >= 11 is 0. The van der Waals surface area contributed by atoms with Gasteiger partial charge in [-0.3, -0.25) is 4.79 Å². The van der Waals surface area contributed by atoms with E-state index in [1.54, 1.807) is 0 Å². The third-order valence-electron chi connectivity index (χ3n) is 3.33. The molecule has 1 rings (SSSR count). The van der Waals surface area contributed by atoms with E-state index in [1.807, 2.05) is 6.92 Å². The maximum atomic E-state index is 10.9. The van der Waals surface area contributed by atoms with Crippen molar-refractivity contribution in [1.82, 2.24) is 4.90 Å². The van der Waals surface area contributed by atoms with Crippen molar-refractivity contribution < 1.29 is 4.79 Å². The summed E-state index contributed by atoms with van der Waals surface area (Å²) in [7, 11) is 0. The molecule has 82 valence electrons. The molecule has 1 atom stereocenters. The van der Waals surface area contributed by atoms with Crippen molar-refractivity contribution in [1.29, 1.82) is 0 Å². The fourth-order valence-corrected chi connectivity index (χ4v) is 2.15. The highest BCUT2D eigenvalue weighted by molar-refractivity contribution is 5.76. The molecule has 1 saturated heterocycles. The van der Waals surface area contributed by atoms with Gasteiger partial charge >= 0.3 is 0 Å². The lowest BCUT2D eigenvalue weighted by molar-refractivity contribution is -0.121. The van der Waals surface area contributed by atoms with Crippen LogP contribution in [0.25, 0.3) is 0 Å². The number of rotatable bonds is 4. The largest absolute Gasteiger partial charge is 0.369 e. The molecule has 0 bridgehead atoms. The third kappa shape index (κ3) is 3.29. The van der Waals surface area contributed by atoms with Gasteiger partial charge in [-0.1, -0.05) is 13.8 Å². The summed E-state index contributed by atoms with van der Waals surface area (Å²) in [6.07, 6.45) is 3.43. The van der Waals surface area contributed by atoms with E-state index in [0.29, 0.717) is 5.92 Å². The number of amides is 1. The second kappa shape index (κ2) is 5.35. The minimum absolute atomic E-state index is 0.0492. The predicted molar refractivity (Wildman–Crippen MR) is 57.8 cm³/mol. The summed E-state index contributed by atoms with van der Waals surface area (Å²) in [5.41, 5.74) is 5.26. The predicted octanol–water partition coefficient (Wildman–Crippen LogP) is 1.23. The van der Waals surface area contributed by atoms with Gasteiger partial charge in [-0.25, -0.2) is 0 Å². The lowest BCUT2D eigenvalue weighted by atomic mass is 9.87. The van der Waals surface area contributed by atoms with E-state index >= 15 is 0 Å². The first-order chi connectivity index (χ1) is 6.63. The van der Waals surface area contributed by atoms with Crippen LogP contribution in [0.1, 0.15) is 33.1 Å². The van der Waals surface area contributed by atoms with Crippen LogP contribution in [0.5, 0.6) is 0 Å². The Labute approximate surface area is 86.6 Å². The van der Waals surface area contributed by atoms with Gasteiger partial charge in [0.2, 0.25) is 5.91 Å². The van der Waals surface area contributed by atoms with Crippen LogP contribution in [-0.4, -0.2) is 30.4 Å². The van der Waals surface area contributed by atoms with Gasteiger partial charge in [0.1, 0.15) is 0 Å². The standard InChI is InChI=1S/C11H22N2O/c1-3-13-6-4-10(5-7-13)8-9(2)11(12)14/h9-10H,3-8H2,1-2H3,(H2,12,14). The molecule has 0 radical (unpaired) electrons. The van der Waals surface area contributed by atoms with E-state index in [0.717, 1.165) is 13.0 Å². The Hall–Kier alpha value is -0.570. The minimum atomic E-state index is -0.150. The molecule has 0 aromatic carbocycles. The maximum absolute atomic E-state index is 10.9. The first-order valence-electron chi connectivity index (χ1n) is 5.65. The average Bonchev–Trinajstić information content (AvgIpc) is 2.19. The zero-order valence-electron chi connectivity index (χ0n) is 9.33. The number of likely N-dealkylation sites (tertiary alicyclic amines) is 1. The Bertz CT molecular complexity index is 186. The number of nitrogens with two attached hydrogens (primary N) is 1. The van der Waals surface area contributed by atoms with Gasteiger partial charge in [-0.05, 0) is 44.8 Å². The van der Waals surface area contributed by atoms with Gasteiger partial charge in [-0.15, -0.1) is 0 Å². The van der Waals surface area contributed by atoms with Crippen molar-refractivity contribution >= 4 is 5.91 Å². The quantitative estimate of drug-likeness (QED) is 0.738. The fraction of sp³-hybridized carbons (Fsp3) is 0.909. The van der Waals surface area contributed by atoms with E-state index in [9.17, 15) is 4.79 Å². The molecule has 1 aliphatic rings. The average molecular weight is 198 g/mol. The molecule has 1 amide bonds. The summed E-state index contributed by atoms with van der Waals surface area (Å²) in [6, 6.07) is 0. The first-order valence-corrected chi connectivity index (χ1v) is 5.65. The number of carbonyl (C=O) groups is 1. The number of hydrogen-bond donors (Lipinski definition) is 1. The van der Waals surface area contributed by atoms with E-state index in [-0.39, 0.29) is 11.8 Å². The van der Waals surface area contributed by atoms with E-state index in [4.69, 9.17) is 5.73 Å². The SMILES string of the molecule is CCN1CCC(CC(C)C(N)=O)CC1. The summed E-state index contributed by atoms with van der Waals surface area (Å²) < 4.78 is 0. The van der Waals surface area contributed by atoms with Crippen molar-refractivity contribution in [2.45, 2.75) is 33.1 Å². The zero-order valence-corrected chi connectivity index (χ0v) is 9.33. The minimum Gasteiger partial charge on any atom is -0.369 e. The van der Waals surface area contributed by atoms with Crippen molar-refractivity contribution in [3.05, 3.63) is 0 Å². The molecule has 1 fully saturated rings. The molecule has 2 N–H and O–H groups in total.